The first-order valence-corrected chi connectivity index (χ1v) is 7.40. The van der Waals surface area contributed by atoms with Gasteiger partial charge in [0.25, 0.3) is 0 Å². The van der Waals surface area contributed by atoms with Gasteiger partial charge in [0.2, 0.25) is 0 Å². The first-order valence-electron chi connectivity index (χ1n) is 7.40. The molecule has 1 atom stereocenters. The number of hydrogen-bond donors (Lipinski definition) is 1. The Labute approximate surface area is 110 Å². The van der Waals surface area contributed by atoms with Gasteiger partial charge in [-0.25, -0.2) is 0 Å². The van der Waals surface area contributed by atoms with Crippen LogP contribution in [0.5, 0.6) is 0 Å². The average molecular weight is 244 g/mol. The van der Waals surface area contributed by atoms with E-state index in [4.69, 9.17) is 0 Å². The van der Waals surface area contributed by atoms with E-state index >= 15 is 0 Å². The molecule has 2 fully saturated rings. The van der Waals surface area contributed by atoms with E-state index in [1.54, 1.807) is 5.56 Å². The third-order valence-corrected chi connectivity index (χ3v) is 4.54. The number of benzene rings is 1. The molecule has 0 bridgehead atoms. The Morgan fingerprint density at radius 3 is 2.50 bits per heavy atom. The number of nitrogens with zero attached hydrogens (tertiary/aromatic N) is 1. The highest BCUT2D eigenvalue weighted by atomic mass is 15.1. The van der Waals surface area contributed by atoms with Crippen LogP contribution in [0.4, 0.5) is 0 Å². The van der Waals surface area contributed by atoms with Crippen molar-refractivity contribution in [1.82, 2.24) is 10.2 Å². The molecule has 1 aromatic rings. The lowest BCUT2D eigenvalue weighted by Gasteiger charge is -2.33. The van der Waals surface area contributed by atoms with Crippen molar-refractivity contribution in [2.24, 2.45) is 5.92 Å². The van der Waals surface area contributed by atoms with Gasteiger partial charge in [0.1, 0.15) is 0 Å². The summed E-state index contributed by atoms with van der Waals surface area (Å²) in [6.45, 7) is 6.35. The van der Waals surface area contributed by atoms with Crippen molar-refractivity contribution >= 4 is 0 Å². The van der Waals surface area contributed by atoms with Crippen molar-refractivity contribution in [2.45, 2.75) is 25.2 Å². The molecule has 2 nitrogen and oxygen atoms in total. The predicted molar refractivity (Wildman–Crippen MR) is 75.8 cm³/mol. The van der Waals surface area contributed by atoms with Gasteiger partial charge in [-0.2, -0.15) is 0 Å². The Hall–Kier alpha value is -0.860. The van der Waals surface area contributed by atoms with Gasteiger partial charge < -0.3 is 10.2 Å². The second-order valence-corrected chi connectivity index (χ2v) is 5.84. The Balaban J connectivity index is 1.49. The van der Waals surface area contributed by atoms with Crippen LogP contribution >= 0.6 is 0 Å². The van der Waals surface area contributed by atoms with Gasteiger partial charge in [0, 0.05) is 6.54 Å². The molecule has 0 unspecified atom stereocenters. The van der Waals surface area contributed by atoms with Gasteiger partial charge in [-0.3, -0.25) is 0 Å². The van der Waals surface area contributed by atoms with E-state index in [1.807, 2.05) is 0 Å². The van der Waals surface area contributed by atoms with Crippen LogP contribution in [-0.2, 0) is 0 Å². The zero-order valence-electron chi connectivity index (χ0n) is 11.1. The highest BCUT2D eigenvalue weighted by Gasteiger charge is 2.23. The SMILES string of the molecule is c1ccc(C2CCN(C[C@@H]3CCNC3)CC2)cc1. The number of rotatable bonds is 3. The maximum Gasteiger partial charge on any atom is 0.00223 e. The van der Waals surface area contributed by atoms with Crippen LogP contribution in [-0.4, -0.2) is 37.6 Å². The summed E-state index contributed by atoms with van der Waals surface area (Å²) in [5.74, 6) is 1.70. The largest absolute Gasteiger partial charge is 0.316 e. The topological polar surface area (TPSA) is 15.3 Å². The summed E-state index contributed by atoms with van der Waals surface area (Å²) in [5.41, 5.74) is 1.54. The van der Waals surface area contributed by atoms with Crippen molar-refractivity contribution in [1.29, 1.82) is 0 Å². The summed E-state index contributed by atoms with van der Waals surface area (Å²) in [6.07, 6.45) is 4.05. The van der Waals surface area contributed by atoms with E-state index in [2.05, 4.69) is 40.5 Å². The lowest BCUT2D eigenvalue weighted by Crippen LogP contribution is -2.37. The summed E-state index contributed by atoms with van der Waals surface area (Å²) in [7, 11) is 0. The number of hydrogen-bond acceptors (Lipinski definition) is 2. The average Bonchev–Trinajstić information content (AvgIpc) is 2.94. The fraction of sp³-hybridized carbons (Fsp3) is 0.625. The molecule has 0 radical (unpaired) electrons. The predicted octanol–water partition coefficient (Wildman–Crippen LogP) is 2.48. The summed E-state index contributed by atoms with van der Waals surface area (Å²) >= 11 is 0. The first-order chi connectivity index (χ1) is 8.92. The molecule has 2 aliphatic heterocycles. The molecular formula is C16H24N2. The van der Waals surface area contributed by atoms with Gasteiger partial charge >= 0.3 is 0 Å². The van der Waals surface area contributed by atoms with E-state index in [9.17, 15) is 0 Å². The third-order valence-electron chi connectivity index (χ3n) is 4.54. The molecule has 0 saturated carbocycles. The van der Waals surface area contributed by atoms with Crippen LogP contribution in [0, 0.1) is 5.92 Å². The van der Waals surface area contributed by atoms with Crippen molar-refractivity contribution in [3.05, 3.63) is 35.9 Å². The van der Waals surface area contributed by atoms with Crippen LogP contribution in [0.1, 0.15) is 30.7 Å². The standard InChI is InChI=1S/C16H24N2/c1-2-4-15(5-3-1)16-7-10-18(11-8-16)13-14-6-9-17-12-14/h1-5,14,16-17H,6-13H2/t14-/m1/s1. The lowest BCUT2D eigenvalue weighted by atomic mass is 9.89. The lowest BCUT2D eigenvalue weighted by molar-refractivity contribution is 0.187. The molecular weight excluding hydrogens is 220 g/mol. The molecule has 18 heavy (non-hydrogen) atoms. The Morgan fingerprint density at radius 2 is 1.83 bits per heavy atom. The molecule has 98 valence electrons. The fourth-order valence-corrected chi connectivity index (χ4v) is 3.41. The van der Waals surface area contributed by atoms with Gasteiger partial charge in [0.15, 0.2) is 0 Å². The van der Waals surface area contributed by atoms with E-state index in [-0.39, 0.29) is 0 Å². The Morgan fingerprint density at radius 1 is 1.06 bits per heavy atom. The summed E-state index contributed by atoms with van der Waals surface area (Å²) in [4.78, 5) is 2.68. The zero-order chi connectivity index (χ0) is 12.2. The molecule has 0 spiro atoms. The Kier molecular flexibility index (Phi) is 3.96. The van der Waals surface area contributed by atoms with E-state index in [0.29, 0.717) is 0 Å². The maximum absolute atomic E-state index is 3.47. The minimum atomic E-state index is 0.796. The summed E-state index contributed by atoms with van der Waals surface area (Å²) in [5, 5.41) is 3.47. The summed E-state index contributed by atoms with van der Waals surface area (Å²) < 4.78 is 0. The summed E-state index contributed by atoms with van der Waals surface area (Å²) in [6, 6.07) is 11.0. The minimum absolute atomic E-state index is 0.796. The minimum Gasteiger partial charge on any atom is -0.316 e. The maximum atomic E-state index is 3.47. The van der Waals surface area contributed by atoms with Crippen LogP contribution in [0.2, 0.25) is 0 Å². The van der Waals surface area contributed by atoms with Gasteiger partial charge in [-0.1, -0.05) is 30.3 Å². The van der Waals surface area contributed by atoms with Crippen molar-refractivity contribution in [3.63, 3.8) is 0 Å². The molecule has 2 saturated heterocycles. The van der Waals surface area contributed by atoms with Crippen molar-refractivity contribution < 1.29 is 0 Å². The molecule has 0 aliphatic carbocycles. The quantitative estimate of drug-likeness (QED) is 0.879. The van der Waals surface area contributed by atoms with Crippen molar-refractivity contribution in [3.8, 4) is 0 Å². The third kappa shape index (κ3) is 2.93. The molecule has 2 heteroatoms. The van der Waals surface area contributed by atoms with E-state index in [1.165, 1.54) is 52.0 Å². The van der Waals surface area contributed by atoms with Crippen LogP contribution < -0.4 is 5.32 Å². The molecule has 2 heterocycles. The van der Waals surface area contributed by atoms with Crippen molar-refractivity contribution in [2.75, 3.05) is 32.7 Å². The van der Waals surface area contributed by atoms with Crippen LogP contribution in [0.25, 0.3) is 0 Å². The number of piperidine rings is 1. The highest BCUT2D eigenvalue weighted by Crippen LogP contribution is 2.28. The Bertz CT molecular complexity index is 349. The van der Waals surface area contributed by atoms with Gasteiger partial charge in [-0.05, 0) is 62.8 Å². The van der Waals surface area contributed by atoms with E-state index in [0.717, 1.165) is 11.8 Å². The number of nitrogens with one attached hydrogen (secondary N) is 1. The molecule has 1 aromatic carbocycles. The molecule has 0 aromatic heterocycles. The van der Waals surface area contributed by atoms with E-state index < -0.39 is 0 Å². The molecule has 3 rings (SSSR count). The second-order valence-electron chi connectivity index (χ2n) is 5.84. The normalized spacial score (nSPS) is 26.6. The fourth-order valence-electron chi connectivity index (χ4n) is 3.41. The second kappa shape index (κ2) is 5.85. The monoisotopic (exact) mass is 244 g/mol. The molecule has 2 aliphatic rings. The number of likely N-dealkylation sites (tertiary alicyclic amines) is 1. The van der Waals surface area contributed by atoms with Crippen LogP contribution in [0.15, 0.2) is 30.3 Å². The van der Waals surface area contributed by atoms with Gasteiger partial charge in [-0.15, -0.1) is 0 Å². The van der Waals surface area contributed by atoms with Crippen LogP contribution in [0.3, 0.4) is 0 Å². The zero-order valence-corrected chi connectivity index (χ0v) is 11.1. The molecule has 0 amide bonds. The molecule has 1 N–H and O–H groups in total. The smallest absolute Gasteiger partial charge is 0.00223 e. The van der Waals surface area contributed by atoms with Gasteiger partial charge in [0.05, 0.1) is 0 Å². The first kappa shape index (κ1) is 12.2. The highest BCUT2D eigenvalue weighted by molar-refractivity contribution is 5.20.